The predicted octanol–water partition coefficient (Wildman–Crippen LogP) is 2.43. The number of hydrogen-bond acceptors (Lipinski definition) is 3. The summed E-state index contributed by atoms with van der Waals surface area (Å²) < 4.78 is 29.4. The average molecular weight is 229 g/mol. The third kappa shape index (κ3) is 3.25. The van der Waals surface area contributed by atoms with Crippen LogP contribution in [0.3, 0.4) is 0 Å². The number of aryl methyl sites for hydroxylation is 1. The second-order valence-electron chi connectivity index (χ2n) is 3.26. The Kier molecular flexibility index (Phi) is 4.34. The van der Waals surface area contributed by atoms with Crippen molar-refractivity contribution >= 4 is 5.97 Å². The standard InChI is InChI=1S/C11H13F2NO2/c1-3-16-10(15)6-8-4-5-9(11(12)13)14-7(8)2/h4-5,11H,3,6H2,1-2H3. The van der Waals surface area contributed by atoms with Crippen LogP contribution in [-0.4, -0.2) is 17.6 Å². The van der Waals surface area contributed by atoms with Crippen molar-refractivity contribution < 1.29 is 18.3 Å². The molecule has 0 saturated carbocycles. The van der Waals surface area contributed by atoms with Crippen molar-refractivity contribution in [3.63, 3.8) is 0 Å². The number of carbonyl (C=O) groups is 1. The van der Waals surface area contributed by atoms with Crippen LogP contribution < -0.4 is 0 Å². The van der Waals surface area contributed by atoms with Crippen LogP contribution in [0.1, 0.15) is 30.3 Å². The number of rotatable bonds is 4. The highest BCUT2D eigenvalue weighted by molar-refractivity contribution is 5.72. The number of nitrogens with zero attached hydrogens (tertiary/aromatic N) is 1. The van der Waals surface area contributed by atoms with Crippen molar-refractivity contribution in [2.75, 3.05) is 6.61 Å². The first-order chi connectivity index (χ1) is 7.54. The Labute approximate surface area is 92.4 Å². The first-order valence-electron chi connectivity index (χ1n) is 4.94. The van der Waals surface area contributed by atoms with E-state index in [0.29, 0.717) is 17.9 Å². The molecule has 0 spiro atoms. The summed E-state index contributed by atoms with van der Waals surface area (Å²) in [5.41, 5.74) is 0.777. The third-order valence-corrected chi connectivity index (χ3v) is 2.08. The van der Waals surface area contributed by atoms with Gasteiger partial charge in [0.05, 0.1) is 13.0 Å². The van der Waals surface area contributed by atoms with E-state index in [1.807, 2.05) is 0 Å². The maximum atomic E-state index is 12.3. The molecule has 0 aromatic carbocycles. The van der Waals surface area contributed by atoms with E-state index in [1.54, 1.807) is 13.8 Å². The lowest BCUT2D eigenvalue weighted by Crippen LogP contribution is -2.09. The molecule has 0 aliphatic carbocycles. The molecule has 0 N–H and O–H groups in total. The van der Waals surface area contributed by atoms with Gasteiger partial charge in [-0.25, -0.2) is 8.78 Å². The van der Waals surface area contributed by atoms with Gasteiger partial charge in [-0.05, 0) is 25.5 Å². The van der Waals surface area contributed by atoms with E-state index in [0.717, 1.165) is 0 Å². The Bertz CT molecular complexity index is 380. The predicted molar refractivity (Wildman–Crippen MR) is 54.3 cm³/mol. The van der Waals surface area contributed by atoms with Crippen molar-refractivity contribution in [1.29, 1.82) is 0 Å². The van der Waals surface area contributed by atoms with Gasteiger partial charge in [-0.1, -0.05) is 6.07 Å². The normalized spacial score (nSPS) is 10.6. The molecule has 16 heavy (non-hydrogen) atoms. The van der Waals surface area contributed by atoms with Crippen LogP contribution in [0.15, 0.2) is 12.1 Å². The lowest BCUT2D eigenvalue weighted by atomic mass is 10.1. The molecule has 1 aromatic heterocycles. The summed E-state index contributed by atoms with van der Waals surface area (Å²) in [6.07, 6.45) is -2.52. The van der Waals surface area contributed by atoms with E-state index in [-0.39, 0.29) is 18.1 Å². The van der Waals surface area contributed by atoms with Gasteiger partial charge in [-0.2, -0.15) is 0 Å². The Morgan fingerprint density at radius 2 is 2.19 bits per heavy atom. The molecule has 0 fully saturated rings. The maximum Gasteiger partial charge on any atom is 0.310 e. The van der Waals surface area contributed by atoms with Crippen LogP contribution in [0.5, 0.6) is 0 Å². The van der Waals surface area contributed by atoms with Crippen LogP contribution in [0.4, 0.5) is 8.78 Å². The van der Waals surface area contributed by atoms with E-state index in [2.05, 4.69) is 4.98 Å². The maximum absolute atomic E-state index is 12.3. The fourth-order valence-electron chi connectivity index (χ4n) is 1.29. The molecule has 1 aromatic rings. The number of carbonyl (C=O) groups excluding carboxylic acids is 1. The van der Waals surface area contributed by atoms with Gasteiger partial charge in [0.2, 0.25) is 0 Å². The zero-order valence-corrected chi connectivity index (χ0v) is 9.17. The Balaban J connectivity index is 2.79. The number of ether oxygens (including phenoxy) is 1. The van der Waals surface area contributed by atoms with Gasteiger partial charge in [0.25, 0.3) is 6.43 Å². The van der Waals surface area contributed by atoms with Gasteiger partial charge in [-0.15, -0.1) is 0 Å². The Morgan fingerprint density at radius 1 is 1.50 bits per heavy atom. The van der Waals surface area contributed by atoms with Crippen LogP contribution in [0.25, 0.3) is 0 Å². The number of pyridine rings is 1. The number of halogens is 2. The van der Waals surface area contributed by atoms with Gasteiger partial charge in [0.15, 0.2) is 0 Å². The molecule has 0 bridgehead atoms. The zero-order valence-electron chi connectivity index (χ0n) is 9.17. The van der Waals surface area contributed by atoms with Crippen LogP contribution in [0, 0.1) is 6.92 Å². The van der Waals surface area contributed by atoms with E-state index >= 15 is 0 Å². The second-order valence-corrected chi connectivity index (χ2v) is 3.26. The molecular formula is C11H13F2NO2. The van der Waals surface area contributed by atoms with E-state index in [9.17, 15) is 13.6 Å². The topological polar surface area (TPSA) is 39.2 Å². The smallest absolute Gasteiger partial charge is 0.310 e. The number of hydrogen-bond donors (Lipinski definition) is 0. The van der Waals surface area contributed by atoms with Crippen LogP contribution in [-0.2, 0) is 16.0 Å². The van der Waals surface area contributed by atoms with Crippen LogP contribution >= 0.6 is 0 Å². The molecular weight excluding hydrogens is 216 g/mol. The third-order valence-electron chi connectivity index (χ3n) is 2.08. The Hall–Kier alpha value is -1.52. The molecule has 0 amide bonds. The molecule has 1 heterocycles. The summed E-state index contributed by atoms with van der Waals surface area (Å²) in [7, 11) is 0. The number of esters is 1. The molecule has 0 aliphatic rings. The minimum absolute atomic E-state index is 0.0657. The molecule has 0 unspecified atom stereocenters. The lowest BCUT2D eigenvalue weighted by molar-refractivity contribution is -0.142. The van der Waals surface area contributed by atoms with Crippen molar-refractivity contribution in [3.05, 3.63) is 29.1 Å². The summed E-state index contributed by atoms with van der Waals surface area (Å²) in [5.74, 6) is -0.378. The highest BCUT2D eigenvalue weighted by Crippen LogP contribution is 2.18. The SMILES string of the molecule is CCOC(=O)Cc1ccc(C(F)F)nc1C. The van der Waals surface area contributed by atoms with E-state index in [1.165, 1.54) is 12.1 Å². The molecule has 3 nitrogen and oxygen atoms in total. The molecule has 5 heteroatoms. The lowest BCUT2D eigenvalue weighted by Gasteiger charge is -2.06. The summed E-state index contributed by atoms with van der Waals surface area (Å²) in [6.45, 7) is 3.61. The van der Waals surface area contributed by atoms with E-state index < -0.39 is 6.43 Å². The van der Waals surface area contributed by atoms with Gasteiger partial charge in [-0.3, -0.25) is 9.78 Å². The van der Waals surface area contributed by atoms with E-state index in [4.69, 9.17) is 4.74 Å². The van der Waals surface area contributed by atoms with Gasteiger partial charge >= 0.3 is 5.97 Å². The first-order valence-corrected chi connectivity index (χ1v) is 4.94. The molecule has 0 aliphatic heterocycles. The molecule has 1 rings (SSSR count). The quantitative estimate of drug-likeness (QED) is 0.744. The second kappa shape index (κ2) is 5.53. The fraction of sp³-hybridized carbons (Fsp3) is 0.455. The summed E-state index contributed by atoms with van der Waals surface area (Å²) >= 11 is 0. The highest BCUT2D eigenvalue weighted by Gasteiger charge is 2.12. The summed E-state index contributed by atoms with van der Waals surface area (Å²) in [5, 5.41) is 0. The van der Waals surface area contributed by atoms with Crippen molar-refractivity contribution in [1.82, 2.24) is 4.98 Å². The molecule has 0 saturated heterocycles. The summed E-state index contributed by atoms with van der Waals surface area (Å²) in [6, 6.07) is 2.72. The van der Waals surface area contributed by atoms with Gasteiger partial charge in [0, 0.05) is 5.69 Å². The average Bonchev–Trinajstić information content (AvgIpc) is 2.21. The van der Waals surface area contributed by atoms with Crippen molar-refractivity contribution in [3.8, 4) is 0 Å². The fourth-order valence-corrected chi connectivity index (χ4v) is 1.29. The van der Waals surface area contributed by atoms with Crippen molar-refractivity contribution in [2.45, 2.75) is 26.7 Å². The highest BCUT2D eigenvalue weighted by atomic mass is 19.3. The van der Waals surface area contributed by atoms with Crippen molar-refractivity contribution in [2.24, 2.45) is 0 Å². The minimum atomic E-state index is -2.59. The van der Waals surface area contributed by atoms with Gasteiger partial charge < -0.3 is 4.74 Å². The molecule has 0 atom stereocenters. The molecule has 88 valence electrons. The zero-order chi connectivity index (χ0) is 12.1. The monoisotopic (exact) mass is 229 g/mol. The minimum Gasteiger partial charge on any atom is -0.466 e. The summed E-state index contributed by atoms with van der Waals surface area (Å²) in [4.78, 5) is 14.9. The first kappa shape index (κ1) is 12.5. The van der Waals surface area contributed by atoms with Gasteiger partial charge in [0.1, 0.15) is 5.69 Å². The number of aromatic nitrogens is 1. The molecule has 0 radical (unpaired) electrons. The number of alkyl halides is 2. The van der Waals surface area contributed by atoms with Crippen LogP contribution in [0.2, 0.25) is 0 Å². The Morgan fingerprint density at radius 3 is 2.69 bits per heavy atom. The largest absolute Gasteiger partial charge is 0.466 e.